The molecule has 8 heteroatoms. The van der Waals surface area contributed by atoms with Gasteiger partial charge in [-0.25, -0.2) is 8.42 Å². The van der Waals surface area contributed by atoms with Gasteiger partial charge in [0.1, 0.15) is 23.0 Å². The van der Waals surface area contributed by atoms with Crippen LogP contribution in [0.4, 0.5) is 11.4 Å². The molecule has 0 saturated carbocycles. The average molecular weight is 555 g/mol. The van der Waals surface area contributed by atoms with Gasteiger partial charge in [-0.1, -0.05) is 30.4 Å². The van der Waals surface area contributed by atoms with E-state index in [2.05, 4.69) is 22.2 Å². The van der Waals surface area contributed by atoms with Gasteiger partial charge in [-0.05, 0) is 90.7 Å². The molecule has 0 aromatic heterocycles. The molecular formula is C32H30N2O5S. The van der Waals surface area contributed by atoms with E-state index in [9.17, 15) is 8.42 Å². The molecule has 1 heterocycles. The molecule has 1 aliphatic carbocycles. The molecule has 0 amide bonds. The van der Waals surface area contributed by atoms with Crippen molar-refractivity contribution < 1.29 is 22.6 Å². The number of benzene rings is 4. The van der Waals surface area contributed by atoms with E-state index in [1.807, 2.05) is 54.6 Å². The standard InChI is InChI=1S/C32H30N2O5S/c1-37-24-15-18-31(38-2)29(19-24)32-27-10-6-9-26(27)28-20-25(16-17-30(28)33-32)40(35,36)34-21-11-13-23(14-12-21)39-22-7-4-3-5-8-22/h3-9,11-20,26-27,32-34H,10H2,1-2H3/t26-,27+,32-/m0/s1. The molecule has 1 aliphatic heterocycles. The van der Waals surface area contributed by atoms with Gasteiger partial charge in [0.15, 0.2) is 0 Å². The Kier molecular flexibility index (Phi) is 6.86. The molecule has 4 aromatic rings. The molecule has 0 bridgehead atoms. The maximum atomic E-state index is 13.4. The van der Waals surface area contributed by atoms with Gasteiger partial charge in [-0.2, -0.15) is 0 Å². The molecule has 0 radical (unpaired) electrons. The average Bonchev–Trinajstić information content (AvgIpc) is 3.48. The van der Waals surface area contributed by atoms with E-state index in [-0.39, 0.29) is 22.8 Å². The van der Waals surface area contributed by atoms with E-state index in [1.54, 1.807) is 50.6 Å². The SMILES string of the molecule is COc1ccc(OC)c([C@H]2Nc3ccc(S(=O)(=O)Nc4ccc(Oc5ccccc5)cc4)cc3[C@H]3C=CC[C@H]32)c1. The smallest absolute Gasteiger partial charge is 0.261 e. The Morgan fingerprint density at radius 2 is 1.55 bits per heavy atom. The van der Waals surface area contributed by atoms with Crippen LogP contribution in [0, 0.1) is 5.92 Å². The van der Waals surface area contributed by atoms with Crippen molar-refractivity contribution in [2.24, 2.45) is 5.92 Å². The first-order chi connectivity index (χ1) is 19.4. The second-order valence-electron chi connectivity index (χ2n) is 9.88. The van der Waals surface area contributed by atoms with Crippen LogP contribution in [-0.2, 0) is 10.0 Å². The minimum Gasteiger partial charge on any atom is -0.497 e. The summed E-state index contributed by atoms with van der Waals surface area (Å²) in [5, 5.41) is 3.66. The number of hydrogen-bond acceptors (Lipinski definition) is 6. The Bertz CT molecular complexity index is 1650. The van der Waals surface area contributed by atoms with Crippen LogP contribution in [0.3, 0.4) is 0 Å². The van der Waals surface area contributed by atoms with Gasteiger partial charge in [0.05, 0.1) is 25.2 Å². The number of rotatable bonds is 8. The van der Waals surface area contributed by atoms with Crippen molar-refractivity contribution in [3.8, 4) is 23.0 Å². The zero-order valence-electron chi connectivity index (χ0n) is 22.2. The summed E-state index contributed by atoms with van der Waals surface area (Å²) >= 11 is 0. The number of allylic oxidation sites excluding steroid dienone is 2. The van der Waals surface area contributed by atoms with E-state index >= 15 is 0 Å². The molecule has 2 aliphatic rings. The first-order valence-corrected chi connectivity index (χ1v) is 14.6. The number of nitrogens with one attached hydrogen (secondary N) is 2. The fraction of sp³-hybridized carbons (Fsp3) is 0.188. The normalized spacial score (nSPS) is 19.2. The zero-order valence-corrected chi connectivity index (χ0v) is 23.0. The third-order valence-electron chi connectivity index (χ3n) is 7.50. The van der Waals surface area contributed by atoms with Crippen molar-refractivity contribution in [1.29, 1.82) is 0 Å². The van der Waals surface area contributed by atoms with Crippen molar-refractivity contribution in [2.45, 2.75) is 23.3 Å². The lowest BCUT2D eigenvalue weighted by Gasteiger charge is -2.38. The predicted octanol–water partition coefficient (Wildman–Crippen LogP) is 7.12. The van der Waals surface area contributed by atoms with Crippen LogP contribution in [-0.4, -0.2) is 22.6 Å². The van der Waals surface area contributed by atoms with Gasteiger partial charge in [0, 0.05) is 22.9 Å². The van der Waals surface area contributed by atoms with Crippen LogP contribution in [0.1, 0.15) is 29.5 Å². The molecule has 4 aromatic carbocycles. The Morgan fingerprint density at radius 3 is 2.30 bits per heavy atom. The fourth-order valence-electron chi connectivity index (χ4n) is 5.56. The van der Waals surface area contributed by atoms with Crippen molar-refractivity contribution in [2.75, 3.05) is 24.3 Å². The maximum Gasteiger partial charge on any atom is 0.261 e. The summed E-state index contributed by atoms with van der Waals surface area (Å²) in [4.78, 5) is 0.217. The van der Waals surface area contributed by atoms with Gasteiger partial charge < -0.3 is 19.5 Å². The van der Waals surface area contributed by atoms with Gasteiger partial charge >= 0.3 is 0 Å². The molecule has 6 rings (SSSR count). The molecule has 0 unspecified atom stereocenters. The van der Waals surface area contributed by atoms with Crippen molar-refractivity contribution >= 4 is 21.4 Å². The summed E-state index contributed by atoms with van der Waals surface area (Å²) in [6.45, 7) is 0. The Hall–Kier alpha value is -4.43. The third-order valence-corrected chi connectivity index (χ3v) is 8.88. The Labute approximate surface area is 234 Å². The topological polar surface area (TPSA) is 85.9 Å². The van der Waals surface area contributed by atoms with E-state index in [0.29, 0.717) is 17.2 Å². The van der Waals surface area contributed by atoms with Crippen LogP contribution in [0.5, 0.6) is 23.0 Å². The summed E-state index contributed by atoms with van der Waals surface area (Å²) in [6.07, 6.45) is 5.22. The fourth-order valence-corrected chi connectivity index (χ4v) is 6.65. The van der Waals surface area contributed by atoms with E-state index in [1.165, 1.54) is 0 Å². The van der Waals surface area contributed by atoms with Gasteiger partial charge in [0.2, 0.25) is 0 Å². The summed E-state index contributed by atoms with van der Waals surface area (Å²) in [5.41, 5.74) is 3.35. The van der Waals surface area contributed by atoms with E-state index in [0.717, 1.165) is 34.7 Å². The van der Waals surface area contributed by atoms with E-state index < -0.39 is 10.0 Å². The minimum absolute atomic E-state index is 0.0187. The number of methoxy groups -OCH3 is 2. The predicted molar refractivity (Wildman–Crippen MR) is 156 cm³/mol. The minimum atomic E-state index is -3.81. The molecule has 2 N–H and O–H groups in total. The molecule has 204 valence electrons. The third kappa shape index (κ3) is 4.98. The van der Waals surface area contributed by atoms with Gasteiger partial charge in [-0.3, -0.25) is 4.72 Å². The second kappa shape index (κ2) is 10.6. The maximum absolute atomic E-state index is 13.4. The monoisotopic (exact) mass is 554 g/mol. The lowest BCUT2D eigenvalue weighted by atomic mass is 9.77. The molecule has 3 atom stereocenters. The highest BCUT2D eigenvalue weighted by molar-refractivity contribution is 7.92. The number of anilines is 2. The molecule has 0 fully saturated rings. The summed E-state index contributed by atoms with van der Waals surface area (Å²) < 4.78 is 46.4. The lowest BCUT2D eigenvalue weighted by Crippen LogP contribution is -2.29. The highest BCUT2D eigenvalue weighted by Gasteiger charge is 2.39. The van der Waals surface area contributed by atoms with Gasteiger partial charge in [0.25, 0.3) is 10.0 Å². The van der Waals surface area contributed by atoms with Crippen molar-refractivity contribution in [1.82, 2.24) is 0 Å². The molecular weight excluding hydrogens is 524 g/mol. The van der Waals surface area contributed by atoms with Crippen LogP contribution in [0.25, 0.3) is 0 Å². The van der Waals surface area contributed by atoms with Gasteiger partial charge in [-0.15, -0.1) is 0 Å². The number of para-hydroxylation sites is 1. The lowest BCUT2D eigenvalue weighted by molar-refractivity contribution is 0.374. The second-order valence-corrected chi connectivity index (χ2v) is 11.6. The highest BCUT2D eigenvalue weighted by Crippen LogP contribution is 2.52. The first kappa shape index (κ1) is 25.8. The quantitative estimate of drug-likeness (QED) is 0.226. The number of fused-ring (bicyclic) bond motifs is 3. The van der Waals surface area contributed by atoms with Crippen LogP contribution < -0.4 is 24.2 Å². The van der Waals surface area contributed by atoms with Crippen molar-refractivity contribution in [3.63, 3.8) is 0 Å². The Morgan fingerprint density at radius 1 is 0.800 bits per heavy atom. The van der Waals surface area contributed by atoms with E-state index in [4.69, 9.17) is 14.2 Å². The number of hydrogen-bond donors (Lipinski definition) is 2. The molecule has 0 saturated heterocycles. The van der Waals surface area contributed by atoms with Crippen LogP contribution in [0.2, 0.25) is 0 Å². The highest BCUT2D eigenvalue weighted by atomic mass is 32.2. The Balaban J connectivity index is 1.25. The summed E-state index contributed by atoms with van der Waals surface area (Å²) in [7, 11) is -0.494. The number of ether oxygens (including phenoxy) is 3. The van der Waals surface area contributed by atoms with Crippen LogP contribution >= 0.6 is 0 Å². The van der Waals surface area contributed by atoms with Crippen LogP contribution in [0.15, 0.2) is 108 Å². The first-order valence-electron chi connectivity index (χ1n) is 13.1. The molecule has 40 heavy (non-hydrogen) atoms. The number of sulfonamides is 1. The summed E-state index contributed by atoms with van der Waals surface area (Å²) in [6, 6.07) is 27.4. The molecule has 7 nitrogen and oxygen atoms in total. The summed E-state index contributed by atoms with van der Waals surface area (Å²) in [5.74, 6) is 3.16. The molecule has 0 spiro atoms. The largest absolute Gasteiger partial charge is 0.497 e. The zero-order chi connectivity index (χ0) is 27.7. The van der Waals surface area contributed by atoms with Crippen molar-refractivity contribution in [3.05, 3.63) is 114 Å².